The lowest BCUT2D eigenvalue weighted by Crippen LogP contribution is -2.41. The molecule has 2 amide bonds. The van der Waals surface area contributed by atoms with E-state index in [0.717, 1.165) is 24.8 Å². The number of hydrogen-bond acceptors (Lipinski definition) is 2. The van der Waals surface area contributed by atoms with Crippen molar-refractivity contribution in [2.75, 3.05) is 13.1 Å². The van der Waals surface area contributed by atoms with Crippen LogP contribution in [0.25, 0.3) is 0 Å². The number of carbonyl (C=O) groups excluding carboxylic acids is 2. The lowest BCUT2D eigenvalue weighted by molar-refractivity contribution is -0.127. The largest absolute Gasteiger partial charge is 0.355 e. The van der Waals surface area contributed by atoms with E-state index in [-0.39, 0.29) is 24.2 Å². The molecule has 0 radical (unpaired) electrons. The molecule has 1 saturated carbocycles. The zero-order valence-electron chi connectivity index (χ0n) is 11.5. The summed E-state index contributed by atoms with van der Waals surface area (Å²) < 4.78 is 12.9. The van der Waals surface area contributed by atoms with Crippen LogP contribution in [0.5, 0.6) is 0 Å². The van der Waals surface area contributed by atoms with Crippen molar-refractivity contribution in [2.24, 2.45) is 0 Å². The van der Waals surface area contributed by atoms with Gasteiger partial charge in [0.2, 0.25) is 11.8 Å². The highest BCUT2D eigenvalue weighted by molar-refractivity contribution is 5.93. The number of nitrogens with one attached hydrogen (secondary N) is 2. The molecule has 0 aromatic heterocycles. The normalized spacial score (nSPS) is 15.5. The van der Waals surface area contributed by atoms with Crippen LogP contribution in [0.2, 0.25) is 0 Å². The molecular formula is C15H19FN2O2. The van der Waals surface area contributed by atoms with Crippen molar-refractivity contribution in [1.82, 2.24) is 10.6 Å². The summed E-state index contributed by atoms with van der Waals surface area (Å²) in [7, 11) is 0. The van der Waals surface area contributed by atoms with Gasteiger partial charge >= 0.3 is 0 Å². The minimum absolute atomic E-state index is 0.0121. The van der Waals surface area contributed by atoms with Gasteiger partial charge in [-0.15, -0.1) is 0 Å². The van der Waals surface area contributed by atoms with E-state index in [9.17, 15) is 14.0 Å². The van der Waals surface area contributed by atoms with Crippen molar-refractivity contribution in [2.45, 2.75) is 31.6 Å². The van der Waals surface area contributed by atoms with E-state index in [4.69, 9.17) is 0 Å². The first kappa shape index (κ1) is 14.5. The molecule has 5 heteroatoms. The van der Waals surface area contributed by atoms with Crippen molar-refractivity contribution in [3.8, 4) is 0 Å². The highest BCUT2D eigenvalue weighted by Gasteiger charge is 2.51. The first-order valence-corrected chi connectivity index (χ1v) is 6.89. The average Bonchev–Trinajstić information content (AvgIpc) is 3.25. The Kier molecular flexibility index (Phi) is 4.37. The zero-order chi connectivity index (χ0) is 14.6. The zero-order valence-corrected chi connectivity index (χ0v) is 11.5. The smallest absolute Gasteiger partial charge is 0.239 e. The van der Waals surface area contributed by atoms with Gasteiger partial charge < -0.3 is 10.6 Å². The molecule has 20 heavy (non-hydrogen) atoms. The highest BCUT2D eigenvalue weighted by Crippen LogP contribution is 2.48. The second kappa shape index (κ2) is 6.03. The Morgan fingerprint density at radius 2 is 1.85 bits per heavy atom. The van der Waals surface area contributed by atoms with E-state index >= 15 is 0 Å². The molecule has 1 aromatic rings. The molecule has 0 spiro atoms. The van der Waals surface area contributed by atoms with Crippen LogP contribution in [0.3, 0.4) is 0 Å². The third-order valence-corrected chi connectivity index (χ3v) is 3.56. The van der Waals surface area contributed by atoms with Crippen LogP contribution in [-0.4, -0.2) is 24.9 Å². The second-order valence-corrected chi connectivity index (χ2v) is 5.12. The average molecular weight is 278 g/mol. The van der Waals surface area contributed by atoms with Crippen LogP contribution in [-0.2, 0) is 15.0 Å². The highest BCUT2D eigenvalue weighted by atomic mass is 19.1. The van der Waals surface area contributed by atoms with Gasteiger partial charge in [-0.2, -0.15) is 0 Å². The van der Waals surface area contributed by atoms with Gasteiger partial charge in [0.25, 0.3) is 0 Å². The molecule has 0 saturated heterocycles. The van der Waals surface area contributed by atoms with Gasteiger partial charge in [0.15, 0.2) is 0 Å². The van der Waals surface area contributed by atoms with Crippen LogP contribution in [0, 0.1) is 5.82 Å². The Morgan fingerprint density at radius 1 is 1.20 bits per heavy atom. The molecule has 0 bridgehead atoms. The number of carbonyl (C=O) groups is 2. The summed E-state index contributed by atoms with van der Waals surface area (Å²) in [5.74, 6) is -0.658. The maximum atomic E-state index is 12.9. The monoisotopic (exact) mass is 278 g/mol. The lowest BCUT2D eigenvalue weighted by atomic mass is 9.95. The maximum absolute atomic E-state index is 12.9. The Labute approximate surface area is 117 Å². The standard InChI is InChI=1S/C15H19FN2O2/c1-2-9-17-13(19)10-18-14(20)15(7-8-15)11-3-5-12(16)6-4-11/h3-6H,2,7-10H2,1H3,(H,17,19)(H,18,20). The molecule has 2 N–H and O–H groups in total. The van der Waals surface area contributed by atoms with Crippen LogP contribution < -0.4 is 10.6 Å². The second-order valence-electron chi connectivity index (χ2n) is 5.12. The van der Waals surface area contributed by atoms with Gasteiger partial charge in [0, 0.05) is 6.54 Å². The van der Waals surface area contributed by atoms with Crippen molar-refractivity contribution in [3.05, 3.63) is 35.6 Å². The van der Waals surface area contributed by atoms with Gasteiger partial charge in [0.05, 0.1) is 12.0 Å². The number of benzene rings is 1. The minimum atomic E-state index is -0.571. The van der Waals surface area contributed by atoms with E-state index in [1.165, 1.54) is 12.1 Å². The van der Waals surface area contributed by atoms with Crippen molar-refractivity contribution < 1.29 is 14.0 Å². The number of halogens is 1. The number of hydrogen-bond donors (Lipinski definition) is 2. The van der Waals surface area contributed by atoms with Crippen LogP contribution >= 0.6 is 0 Å². The maximum Gasteiger partial charge on any atom is 0.239 e. The topological polar surface area (TPSA) is 58.2 Å². The lowest BCUT2D eigenvalue weighted by Gasteiger charge is -2.15. The third-order valence-electron chi connectivity index (χ3n) is 3.56. The Morgan fingerprint density at radius 3 is 2.40 bits per heavy atom. The van der Waals surface area contributed by atoms with Crippen molar-refractivity contribution in [1.29, 1.82) is 0 Å². The van der Waals surface area contributed by atoms with Gasteiger partial charge in [-0.05, 0) is 37.0 Å². The van der Waals surface area contributed by atoms with E-state index < -0.39 is 5.41 Å². The quantitative estimate of drug-likeness (QED) is 0.828. The molecule has 0 aliphatic heterocycles. The third kappa shape index (κ3) is 3.15. The SMILES string of the molecule is CCCNC(=O)CNC(=O)C1(c2ccc(F)cc2)CC1. The van der Waals surface area contributed by atoms with Gasteiger partial charge in [0.1, 0.15) is 5.82 Å². The summed E-state index contributed by atoms with van der Waals surface area (Å²) in [4.78, 5) is 23.7. The van der Waals surface area contributed by atoms with Crippen LogP contribution in [0.15, 0.2) is 24.3 Å². The molecule has 0 unspecified atom stereocenters. The molecule has 108 valence electrons. The van der Waals surface area contributed by atoms with Crippen LogP contribution in [0.4, 0.5) is 4.39 Å². The van der Waals surface area contributed by atoms with Gasteiger partial charge in [-0.3, -0.25) is 9.59 Å². The molecule has 1 fully saturated rings. The van der Waals surface area contributed by atoms with E-state index in [2.05, 4.69) is 10.6 Å². The number of rotatable bonds is 6. The van der Waals surface area contributed by atoms with E-state index in [0.29, 0.717) is 6.54 Å². The number of amides is 2. The fourth-order valence-electron chi connectivity index (χ4n) is 2.20. The molecule has 1 aliphatic carbocycles. The Balaban J connectivity index is 1.92. The fraction of sp³-hybridized carbons (Fsp3) is 0.467. The Hall–Kier alpha value is -1.91. The molecule has 0 atom stereocenters. The fourth-order valence-corrected chi connectivity index (χ4v) is 2.20. The van der Waals surface area contributed by atoms with Crippen LogP contribution in [0.1, 0.15) is 31.7 Å². The van der Waals surface area contributed by atoms with E-state index in [1.807, 2.05) is 6.92 Å². The van der Waals surface area contributed by atoms with E-state index in [1.54, 1.807) is 12.1 Å². The summed E-state index contributed by atoms with van der Waals surface area (Å²) in [5, 5.41) is 5.37. The molecular weight excluding hydrogens is 259 g/mol. The summed E-state index contributed by atoms with van der Waals surface area (Å²) in [6, 6.07) is 5.99. The predicted octanol–water partition coefficient (Wildman–Crippen LogP) is 1.50. The molecule has 0 heterocycles. The first-order chi connectivity index (χ1) is 9.58. The predicted molar refractivity (Wildman–Crippen MR) is 73.6 cm³/mol. The molecule has 2 rings (SSSR count). The van der Waals surface area contributed by atoms with Gasteiger partial charge in [-0.1, -0.05) is 19.1 Å². The summed E-state index contributed by atoms with van der Waals surface area (Å²) in [5.41, 5.74) is 0.240. The molecule has 4 nitrogen and oxygen atoms in total. The molecule has 1 aromatic carbocycles. The minimum Gasteiger partial charge on any atom is -0.355 e. The van der Waals surface area contributed by atoms with Crippen molar-refractivity contribution in [3.63, 3.8) is 0 Å². The van der Waals surface area contributed by atoms with Crippen molar-refractivity contribution >= 4 is 11.8 Å². The Bertz CT molecular complexity index is 495. The van der Waals surface area contributed by atoms with Gasteiger partial charge in [-0.25, -0.2) is 4.39 Å². The summed E-state index contributed by atoms with van der Waals surface area (Å²) in [6.07, 6.45) is 2.33. The molecule has 1 aliphatic rings. The summed E-state index contributed by atoms with van der Waals surface area (Å²) in [6.45, 7) is 2.56. The summed E-state index contributed by atoms with van der Waals surface area (Å²) >= 11 is 0. The first-order valence-electron chi connectivity index (χ1n) is 6.89.